The lowest BCUT2D eigenvalue weighted by Gasteiger charge is -2.35. The second-order valence-electron chi connectivity index (χ2n) is 10.2. The zero-order chi connectivity index (χ0) is 28.2. The topological polar surface area (TPSA) is 96.6 Å². The molecule has 0 unspecified atom stereocenters. The Bertz CT molecular complexity index is 1660. The van der Waals surface area contributed by atoms with Gasteiger partial charge in [-0.15, -0.1) is 0 Å². The summed E-state index contributed by atoms with van der Waals surface area (Å²) in [6.07, 6.45) is 7.93. The normalized spacial score (nSPS) is 13.5. The molecule has 1 saturated heterocycles. The van der Waals surface area contributed by atoms with Crippen molar-refractivity contribution in [1.82, 2.24) is 24.6 Å². The first-order chi connectivity index (χ1) is 20.1. The van der Waals surface area contributed by atoms with E-state index in [0.29, 0.717) is 25.3 Å². The van der Waals surface area contributed by atoms with Gasteiger partial charge in [0, 0.05) is 68.3 Å². The molecular formula is C32H32N6O3. The molecule has 1 N–H and O–H groups in total. The Morgan fingerprint density at radius 1 is 0.927 bits per heavy atom. The summed E-state index contributed by atoms with van der Waals surface area (Å²) in [5.41, 5.74) is 6.04. The lowest BCUT2D eigenvalue weighted by Crippen LogP contribution is -2.49. The zero-order valence-electron chi connectivity index (χ0n) is 23.0. The van der Waals surface area contributed by atoms with Gasteiger partial charge in [0.2, 0.25) is 5.91 Å². The number of amides is 1. The number of aliphatic hydroxyl groups is 1. The van der Waals surface area contributed by atoms with Crippen LogP contribution in [0.5, 0.6) is 5.75 Å². The van der Waals surface area contributed by atoms with Gasteiger partial charge in [-0.1, -0.05) is 18.2 Å². The van der Waals surface area contributed by atoms with Crippen molar-refractivity contribution < 1.29 is 14.6 Å². The SMILES string of the molecule is Cn1cc(-c2cc(-c3ccc(N4CCN(C(=O)Cc5cccc(OCCO)c5)CC4)nc3)c3cccnc3c2)cn1. The molecule has 1 aliphatic heterocycles. The van der Waals surface area contributed by atoms with Crippen LogP contribution in [0.15, 0.2) is 85.5 Å². The maximum Gasteiger partial charge on any atom is 0.227 e. The van der Waals surface area contributed by atoms with E-state index in [1.807, 2.05) is 67.1 Å². The molecule has 4 heterocycles. The molecule has 6 rings (SSSR count). The molecule has 0 atom stereocenters. The van der Waals surface area contributed by atoms with E-state index in [9.17, 15) is 4.79 Å². The van der Waals surface area contributed by atoms with E-state index in [1.165, 1.54) is 0 Å². The number of aromatic nitrogens is 4. The average molecular weight is 549 g/mol. The Morgan fingerprint density at radius 2 is 1.80 bits per heavy atom. The third-order valence-electron chi connectivity index (χ3n) is 7.39. The summed E-state index contributed by atoms with van der Waals surface area (Å²) in [5.74, 6) is 1.67. The molecule has 0 spiro atoms. The minimum absolute atomic E-state index is 0.0429. The first-order valence-corrected chi connectivity index (χ1v) is 13.8. The summed E-state index contributed by atoms with van der Waals surface area (Å²) in [6.45, 7) is 2.93. The van der Waals surface area contributed by atoms with Crippen molar-refractivity contribution in [2.45, 2.75) is 6.42 Å². The molecular weight excluding hydrogens is 516 g/mol. The molecule has 9 nitrogen and oxygen atoms in total. The average Bonchev–Trinajstić information content (AvgIpc) is 3.46. The number of anilines is 1. The van der Waals surface area contributed by atoms with Crippen LogP contribution < -0.4 is 9.64 Å². The van der Waals surface area contributed by atoms with Crippen LogP contribution in [-0.4, -0.2) is 75.1 Å². The van der Waals surface area contributed by atoms with Crippen molar-refractivity contribution in [3.05, 3.63) is 91.0 Å². The number of hydrogen-bond donors (Lipinski definition) is 1. The van der Waals surface area contributed by atoms with E-state index >= 15 is 0 Å². The molecule has 41 heavy (non-hydrogen) atoms. The standard InChI is InChI=1S/C32H32N6O3/c1-36-22-26(21-35-36)25-18-29(28-6-3-9-33-30(28)19-25)24-7-8-31(34-20-24)37-10-12-38(13-11-37)32(40)17-23-4-2-5-27(16-23)41-15-14-39/h2-9,16,18-22,39H,10-15,17H2,1H3. The lowest BCUT2D eigenvalue weighted by molar-refractivity contribution is -0.130. The first-order valence-electron chi connectivity index (χ1n) is 13.8. The maximum atomic E-state index is 13.0. The fourth-order valence-electron chi connectivity index (χ4n) is 5.27. The van der Waals surface area contributed by atoms with E-state index in [-0.39, 0.29) is 19.1 Å². The molecule has 1 amide bonds. The largest absolute Gasteiger partial charge is 0.491 e. The molecule has 3 aromatic heterocycles. The summed E-state index contributed by atoms with van der Waals surface area (Å²) >= 11 is 0. The number of ether oxygens (including phenoxy) is 1. The number of aryl methyl sites for hydroxylation is 1. The van der Waals surface area contributed by atoms with Crippen LogP contribution in [0.4, 0.5) is 5.82 Å². The van der Waals surface area contributed by atoms with Gasteiger partial charge in [-0.3, -0.25) is 14.5 Å². The summed E-state index contributed by atoms with van der Waals surface area (Å²) < 4.78 is 7.28. The van der Waals surface area contributed by atoms with Crippen LogP contribution in [0.2, 0.25) is 0 Å². The van der Waals surface area contributed by atoms with Crippen molar-refractivity contribution in [2.24, 2.45) is 7.05 Å². The number of carbonyl (C=O) groups excluding carboxylic acids is 1. The Labute approximate surface area is 238 Å². The minimum Gasteiger partial charge on any atom is -0.491 e. The molecule has 1 aliphatic rings. The highest BCUT2D eigenvalue weighted by Crippen LogP contribution is 2.33. The van der Waals surface area contributed by atoms with Gasteiger partial charge in [-0.2, -0.15) is 5.10 Å². The van der Waals surface area contributed by atoms with Crippen molar-refractivity contribution in [2.75, 3.05) is 44.3 Å². The Balaban J connectivity index is 1.13. The molecule has 5 aromatic rings. The quantitative estimate of drug-likeness (QED) is 0.314. The van der Waals surface area contributed by atoms with Gasteiger partial charge in [0.05, 0.1) is 24.7 Å². The smallest absolute Gasteiger partial charge is 0.227 e. The lowest BCUT2D eigenvalue weighted by atomic mass is 9.97. The van der Waals surface area contributed by atoms with Crippen LogP contribution in [0.3, 0.4) is 0 Å². The third-order valence-corrected chi connectivity index (χ3v) is 7.39. The van der Waals surface area contributed by atoms with E-state index in [1.54, 1.807) is 4.68 Å². The van der Waals surface area contributed by atoms with Crippen LogP contribution in [0, 0.1) is 0 Å². The maximum absolute atomic E-state index is 13.0. The number of aliphatic hydroxyl groups excluding tert-OH is 1. The van der Waals surface area contributed by atoms with E-state index in [2.05, 4.69) is 45.3 Å². The summed E-state index contributed by atoms with van der Waals surface area (Å²) in [4.78, 5) is 26.5. The number of carbonyl (C=O) groups is 1. The highest BCUT2D eigenvalue weighted by atomic mass is 16.5. The molecule has 0 saturated carbocycles. The second kappa shape index (κ2) is 11.8. The van der Waals surface area contributed by atoms with Crippen LogP contribution >= 0.6 is 0 Å². The van der Waals surface area contributed by atoms with Gasteiger partial charge in [-0.25, -0.2) is 4.98 Å². The van der Waals surface area contributed by atoms with Gasteiger partial charge in [-0.05, 0) is 59.2 Å². The van der Waals surface area contributed by atoms with Crippen molar-refractivity contribution in [3.8, 4) is 28.0 Å². The van der Waals surface area contributed by atoms with Crippen molar-refractivity contribution >= 4 is 22.6 Å². The molecule has 1 fully saturated rings. The van der Waals surface area contributed by atoms with Crippen LogP contribution in [0.25, 0.3) is 33.2 Å². The Morgan fingerprint density at radius 3 is 2.56 bits per heavy atom. The molecule has 0 aliphatic carbocycles. The van der Waals surface area contributed by atoms with Gasteiger partial charge in [0.15, 0.2) is 0 Å². The summed E-state index contributed by atoms with van der Waals surface area (Å²) in [6, 6.07) is 20.0. The number of nitrogens with zero attached hydrogens (tertiary/aromatic N) is 6. The number of hydrogen-bond acceptors (Lipinski definition) is 7. The summed E-state index contributed by atoms with van der Waals surface area (Å²) in [7, 11) is 1.91. The van der Waals surface area contributed by atoms with Crippen LogP contribution in [-0.2, 0) is 18.3 Å². The monoisotopic (exact) mass is 548 g/mol. The van der Waals surface area contributed by atoms with Crippen LogP contribution in [0.1, 0.15) is 5.56 Å². The number of fused-ring (bicyclic) bond motifs is 1. The van der Waals surface area contributed by atoms with Gasteiger partial charge in [0.25, 0.3) is 0 Å². The number of benzene rings is 2. The fourth-order valence-corrected chi connectivity index (χ4v) is 5.27. The Hall–Kier alpha value is -4.76. The van der Waals surface area contributed by atoms with E-state index in [4.69, 9.17) is 14.8 Å². The number of pyridine rings is 2. The predicted octanol–water partition coefficient (Wildman–Crippen LogP) is 3.96. The first kappa shape index (κ1) is 26.5. The zero-order valence-corrected chi connectivity index (χ0v) is 23.0. The minimum atomic E-state index is -0.0429. The Kier molecular flexibility index (Phi) is 7.60. The van der Waals surface area contributed by atoms with E-state index < -0.39 is 0 Å². The predicted molar refractivity (Wildman–Crippen MR) is 159 cm³/mol. The molecule has 208 valence electrons. The number of piperazine rings is 1. The van der Waals surface area contributed by atoms with Gasteiger partial charge in [0.1, 0.15) is 18.2 Å². The molecule has 9 heteroatoms. The molecule has 0 bridgehead atoms. The fraction of sp³-hybridized carbons (Fsp3) is 0.250. The van der Waals surface area contributed by atoms with Gasteiger partial charge >= 0.3 is 0 Å². The molecule has 0 radical (unpaired) electrons. The van der Waals surface area contributed by atoms with Gasteiger partial charge < -0.3 is 19.6 Å². The molecule has 2 aromatic carbocycles. The number of rotatable bonds is 8. The van der Waals surface area contributed by atoms with E-state index in [0.717, 1.165) is 57.6 Å². The van der Waals surface area contributed by atoms with Crippen molar-refractivity contribution in [1.29, 1.82) is 0 Å². The van der Waals surface area contributed by atoms with Crippen molar-refractivity contribution in [3.63, 3.8) is 0 Å². The highest BCUT2D eigenvalue weighted by Gasteiger charge is 2.22. The highest BCUT2D eigenvalue weighted by molar-refractivity contribution is 5.98. The third kappa shape index (κ3) is 5.90. The second-order valence-corrected chi connectivity index (χ2v) is 10.2. The summed E-state index contributed by atoms with van der Waals surface area (Å²) in [5, 5.41) is 14.4.